The Morgan fingerprint density at radius 1 is 1.24 bits per heavy atom. The van der Waals surface area contributed by atoms with Crippen molar-refractivity contribution in [3.63, 3.8) is 0 Å². The Kier molecular flexibility index (Phi) is 12.0. The lowest BCUT2D eigenvalue weighted by molar-refractivity contribution is -0.135. The molecule has 0 aromatic carbocycles. The van der Waals surface area contributed by atoms with Crippen LogP contribution in [0.2, 0.25) is 0 Å². The highest BCUT2D eigenvalue weighted by molar-refractivity contribution is 5.92. The van der Waals surface area contributed by atoms with Crippen LogP contribution in [0.1, 0.15) is 51.5 Å². The number of aromatic nitrogens is 3. The van der Waals surface area contributed by atoms with Crippen molar-refractivity contribution in [1.82, 2.24) is 30.1 Å². The van der Waals surface area contributed by atoms with E-state index in [0.717, 1.165) is 32.1 Å². The first kappa shape index (κ1) is 31.5. The maximum atomic E-state index is 13.5. The van der Waals surface area contributed by atoms with Crippen LogP contribution >= 0.6 is 0 Å². The number of nitrogens with zero attached hydrogens (tertiary/aromatic N) is 5. The highest BCUT2D eigenvalue weighted by Crippen LogP contribution is 2.25. The van der Waals surface area contributed by atoms with Gasteiger partial charge in [0.05, 0.1) is 11.8 Å². The fourth-order valence-electron chi connectivity index (χ4n) is 4.32. The molecule has 1 aliphatic carbocycles. The van der Waals surface area contributed by atoms with Crippen molar-refractivity contribution in [3.05, 3.63) is 48.2 Å². The fraction of sp³-hybridized carbons (Fsp3) is 0.500. The van der Waals surface area contributed by atoms with Gasteiger partial charge < -0.3 is 25.8 Å². The SMILES string of the molecule is CCCNc1nc(Nc2ccnc(F)c2)ncc1C#C[C@@H]1CCC[C@H](NC(=O)[C@H](C)N(C)C(=O)C=CCN(C)C)C1. The molecule has 1 fully saturated rings. The number of carbonyl (C=O) groups excluding carboxylic acids is 2. The maximum absolute atomic E-state index is 13.5. The second-order valence-electron chi connectivity index (χ2n) is 10.5. The quantitative estimate of drug-likeness (QED) is 0.216. The molecule has 10 nitrogen and oxygen atoms in total. The number of carbonyl (C=O) groups is 2. The van der Waals surface area contributed by atoms with Crippen LogP contribution in [0.5, 0.6) is 0 Å². The molecule has 0 spiro atoms. The zero-order valence-electron chi connectivity index (χ0n) is 24.6. The number of amides is 2. The molecule has 0 bridgehead atoms. The van der Waals surface area contributed by atoms with E-state index < -0.39 is 12.0 Å². The van der Waals surface area contributed by atoms with Gasteiger partial charge >= 0.3 is 0 Å². The van der Waals surface area contributed by atoms with Crippen molar-refractivity contribution in [3.8, 4) is 11.8 Å². The molecule has 1 saturated carbocycles. The molecular formula is C30H41FN8O2. The molecule has 0 radical (unpaired) electrons. The first-order valence-electron chi connectivity index (χ1n) is 14.1. The van der Waals surface area contributed by atoms with E-state index in [-0.39, 0.29) is 23.8 Å². The topological polar surface area (TPSA) is 115 Å². The zero-order chi connectivity index (χ0) is 29.8. The van der Waals surface area contributed by atoms with Gasteiger partial charge in [0.15, 0.2) is 0 Å². The highest BCUT2D eigenvalue weighted by Gasteiger charge is 2.26. The summed E-state index contributed by atoms with van der Waals surface area (Å²) in [7, 11) is 5.49. The maximum Gasteiger partial charge on any atom is 0.246 e. The first-order chi connectivity index (χ1) is 19.7. The van der Waals surface area contributed by atoms with Gasteiger partial charge in [0.1, 0.15) is 11.9 Å². The summed E-state index contributed by atoms with van der Waals surface area (Å²) in [5, 5.41) is 9.41. The standard InChI is InChI=1S/C30H41FN8O2/c1-6-15-33-28-23(20-34-30(37-28)36-25-14-16-32-26(31)19-25)13-12-22-9-7-10-24(18-22)35-29(41)21(2)39(5)27(40)11-8-17-38(3)4/h8,11,14,16,19-22,24H,6-7,9-10,15,17-18H2,1-5H3,(H,35,41)(H2,32,33,34,36,37)/t21-,22-,24-/m0/s1. The van der Waals surface area contributed by atoms with E-state index in [0.29, 0.717) is 36.1 Å². The first-order valence-corrected chi connectivity index (χ1v) is 14.1. The third-order valence-corrected chi connectivity index (χ3v) is 6.78. The van der Waals surface area contributed by atoms with Crippen LogP contribution in [-0.4, -0.2) is 82.9 Å². The van der Waals surface area contributed by atoms with Crippen LogP contribution in [-0.2, 0) is 9.59 Å². The van der Waals surface area contributed by atoms with E-state index in [1.807, 2.05) is 19.0 Å². The van der Waals surface area contributed by atoms with Crippen molar-refractivity contribution in [2.24, 2.45) is 5.92 Å². The molecule has 41 heavy (non-hydrogen) atoms. The van der Waals surface area contributed by atoms with Gasteiger partial charge in [-0.05, 0) is 52.8 Å². The number of anilines is 3. The normalized spacial score (nSPS) is 17.4. The van der Waals surface area contributed by atoms with E-state index in [9.17, 15) is 14.0 Å². The van der Waals surface area contributed by atoms with Crippen LogP contribution < -0.4 is 16.0 Å². The summed E-state index contributed by atoms with van der Waals surface area (Å²) < 4.78 is 13.5. The molecule has 11 heteroatoms. The summed E-state index contributed by atoms with van der Waals surface area (Å²) in [6.07, 6.45) is 10.7. The predicted octanol–water partition coefficient (Wildman–Crippen LogP) is 3.57. The summed E-state index contributed by atoms with van der Waals surface area (Å²) in [4.78, 5) is 41.3. The summed E-state index contributed by atoms with van der Waals surface area (Å²) in [5.41, 5.74) is 1.17. The Hall–Kier alpha value is -4.04. The number of likely N-dealkylation sites (N-methyl/N-ethyl adjacent to an activating group) is 2. The predicted molar refractivity (Wildman–Crippen MR) is 159 cm³/mol. The fourth-order valence-corrected chi connectivity index (χ4v) is 4.32. The number of nitrogens with one attached hydrogen (secondary N) is 3. The van der Waals surface area contributed by atoms with Crippen molar-refractivity contribution < 1.29 is 14.0 Å². The van der Waals surface area contributed by atoms with Gasteiger partial charge in [-0.25, -0.2) is 9.97 Å². The lowest BCUT2D eigenvalue weighted by Crippen LogP contribution is -2.49. The molecule has 3 atom stereocenters. The minimum atomic E-state index is -0.591. The van der Waals surface area contributed by atoms with E-state index >= 15 is 0 Å². The molecule has 3 rings (SSSR count). The average Bonchev–Trinajstić information content (AvgIpc) is 2.94. The molecule has 0 saturated heterocycles. The molecule has 220 valence electrons. The third-order valence-electron chi connectivity index (χ3n) is 6.78. The summed E-state index contributed by atoms with van der Waals surface area (Å²) in [5.74, 6) is 6.67. The molecule has 3 N–H and O–H groups in total. The van der Waals surface area contributed by atoms with Crippen LogP contribution in [0.4, 0.5) is 21.8 Å². The molecule has 2 aromatic rings. The number of halogens is 1. The minimum Gasteiger partial charge on any atom is -0.369 e. The molecule has 1 aliphatic rings. The lowest BCUT2D eigenvalue weighted by atomic mass is 9.86. The largest absolute Gasteiger partial charge is 0.369 e. The van der Waals surface area contributed by atoms with Crippen LogP contribution in [0.15, 0.2) is 36.7 Å². The molecule has 2 heterocycles. The summed E-state index contributed by atoms with van der Waals surface area (Å²) in [6, 6.07) is 2.32. The summed E-state index contributed by atoms with van der Waals surface area (Å²) in [6.45, 7) is 5.17. The van der Waals surface area contributed by atoms with Gasteiger partial charge in [0.2, 0.25) is 23.7 Å². The second-order valence-corrected chi connectivity index (χ2v) is 10.5. The minimum absolute atomic E-state index is 0.00736. The van der Waals surface area contributed by atoms with E-state index in [4.69, 9.17) is 0 Å². The van der Waals surface area contributed by atoms with Crippen molar-refractivity contribution >= 4 is 29.3 Å². The molecule has 2 amide bonds. The summed E-state index contributed by atoms with van der Waals surface area (Å²) >= 11 is 0. The van der Waals surface area contributed by atoms with Crippen LogP contribution in [0.25, 0.3) is 0 Å². The Bertz CT molecular complexity index is 1270. The lowest BCUT2D eigenvalue weighted by Gasteiger charge is -2.30. The van der Waals surface area contributed by atoms with Crippen molar-refractivity contribution in [2.45, 2.75) is 58.0 Å². The van der Waals surface area contributed by atoms with Gasteiger partial charge in [-0.1, -0.05) is 31.3 Å². The van der Waals surface area contributed by atoms with E-state index in [1.165, 1.54) is 23.2 Å². The van der Waals surface area contributed by atoms with Crippen LogP contribution in [0.3, 0.4) is 0 Å². The van der Waals surface area contributed by atoms with Crippen LogP contribution in [0, 0.1) is 23.7 Å². The number of hydrogen-bond acceptors (Lipinski definition) is 8. The number of pyridine rings is 1. The molecule has 2 aromatic heterocycles. The van der Waals surface area contributed by atoms with Gasteiger partial charge in [0.25, 0.3) is 0 Å². The highest BCUT2D eigenvalue weighted by atomic mass is 19.1. The number of hydrogen-bond donors (Lipinski definition) is 3. The monoisotopic (exact) mass is 564 g/mol. The van der Waals surface area contributed by atoms with Gasteiger partial charge in [-0.15, -0.1) is 0 Å². The van der Waals surface area contributed by atoms with Crippen molar-refractivity contribution in [1.29, 1.82) is 0 Å². The Morgan fingerprint density at radius 3 is 2.78 bits per heavy atom. The van der Waals surface area contributed by atoms with Crippen molar-refractivity contribution in [2.75, 3.05) is 44.9 Å². The second kappa shape index (κ2) is 15.7. The van der Waals surface area contributed by atoms with E-state index in [1.54, 1.807) is 32.3 Å². The van der Waals surface area contributed by atoms with E-state index in [2.05, 4.69) is 49.7 Å². The van der Waals surface area contributed by atoms with Gasteiger partial charge in [-0.2, -0.15) is 9.37 Å². The third kappa shape index (κ3) is 10.1. The molecule has 0 aliphatic heterocycles. The average molecular weight is 565 g/mol. The Morgan fingerprint density at radius 2 is 2.05 bits per heavy atom. The zero-order valence-corrected chi connectivity index (χ0v) is 24.6. The number of rotatable bonds is 11. The van der Waals surface area contributed by atoms with Gasteiger partial charge in [0, 0.05) is 56.1 Å². The Balaban J connectivity index is 1.62. The Labute approximate surface area is 242 Å². The molecular weight excluding hydrogens is 523 g/mol. The smallest absolute Gasteiger partial charge is 0.246 e. The van der Waals surface area contributed by atoms with Gasteiger partial charge in [-0.3, -0.25) is 9.59 Å². The molecule has 0 unspecified atom stereocenters.